The van der Waals surface area contributed by atoms with Crippen molar-refractivity contribution in [2.75, 3.05) is 32.9 Å². The second kappa shape index (κ2) is 7.51. The average molecular weight is 272 g/mol. The fraction of sp³-hybridized carbons (Fsp3) is 0.833. The molecule has 104 valence electrons. The van der Waals surface area contributed by atoms with Gasteiger partial charge in [-0.1, -0.05) is 25.6 Å². The molecule has 2 amide bonds. The highest BCUT2D eigenvalue weighted by Gasteiger charge is 2.19. The molecule has 0 aromatic rings. The van der Waals surface area contributed by atoms with Crippen molar-refractivity contribution in [2.45, 2.75) is 26.3 Å². The van der Waals surface area contributed by atoms with E-state index in [1.54, 1.807) is 25.9 Å². The lowest BCUT2D eigenvalue weighted by Crippen LogP contribution is -2.41. The van der Waals surface area contributed by atoms with Crippen molar-refractivity contribution >= 4 is 23.0 Å². The molecular weight excluding hydrogens is 248 g/mol. The van der Waals surface area contributed by atoms with E-state index < -0.39 is 0 Å². The van der Waals surface area contributed by atoms with Crippen molar-refractivity contribution in [1.82, 2.24) is 15.5 Å². The van der Waals surface area contributed by atoms with Crippen LogP contribution in [0.4, 0.5) is 4.79 Å². The molecule has 0 aromatic heterocycles. The highest BCUT2D eigenvalue weighted by molar-refractivity contribution is 8.13. The summed E-state index contributed by atoms with van der Waals surface area (Å²) in [5, 5.41) is 7.27. The van der Waals surface area contributed by atoms with Crippen molar-refractivity contribution in [1.29, 1.82) is 0 Å². The molecule has 1 unspecified atom stereocenters. The summed E-state index contributed by atoms with van der Waals surface area (Å²) >= 11 is 1.77. The van der Waals surface area contributed by atoms with Gasteiger partial charge in [-0.15, -0.1) is 0 Å². The molecule has 1 heterocycles. The summed E-state index contributed by atoms with van der Waals surface area (Å²) in [6.07, 6.45) is 1.19. The molecule has 0 spiro atoms. The van der Waals surface area contributed by atoms with Gasteiger partial charge in [-0.05, 0) is 12.3 Å². The van der Waals surface area contributed by atoms with Gasteiger partial charge in [0.2, 0.25) is 0 Å². The Hall–Kier alpha value is -0.910. The number of aliphatic imine (C=N–C) groups is 1. The zero-order chi connectivity index (χ0) is 13.5. The first-order valence-corrected chi connectivity index (χ1v) is 7.38. The molecular formula is C12H24N4OS. The largest absolute Gasteiger partial charge is 0.362 e. The van der Waals surface area contributed by atoms with Crippen molar-refractivity contribution < 1.29 is 4.79 Å². The van der Waals surface area contributed by atoms with E-state index in [0.29, 0.717) is 25.0 Å². The number of amides is 2. The fourth-order valence-electron chi connectivity index (χ4n) is 1.62. The summed E-state index contributed by atoms with van der Waals surface area (Å²) < 4.78 is 0. The molecule has 6 heteroatoms. The van der Waals surface area contributed by atoms with Crippen molar-refractivity contribution in [3.63, 3.8) is 0 Å². The molecule has 0 bridgehead atoms. The van der Waals surface area contributed by atoms with Gasteiger partial charge in [0, 0.05) is 32.4 Å². The molecule has 0 aromatic carbocycles. The smallest absolute Gasteiger partial charge is 0.316 e. The summed E-state index contributed by atoms with van der Waals surface area (Å²) in [4.78, 5) is 17.3. The summed E-state index contributed by atoms with van der Waals surface area (Å²) in [5.41, 5.74) is 0. The third-order valence-corrected chi connectivity index (χ3v) is 3.79. The van der Waals surface area contributed by atoms with E-state index in [2.05, 4.69) is 29.5 Å². The fourth-order valence-corrected chi connectivity index (χ4v) is 2.61. The number of carbonyl (C=O) groups is 1. The van der Waals surface area contributed by atoms with Crippen LogP contribution >= 0.6 is 11.8 Å². The number of nitrogens with zero attached hydrogens (tertiary/aromatic N) is 2. The number of hydrogen-bond donors (Lipinski definition) is 2. The van der Waals surface area contributed by atoms with Crippen LogP contribution in [0.25, 0.3) is 0 Å². The highest BCUT2D eigenvalue weighted by Crippen LogP contribution is 2.18. The lowest BCUT2D eigenvalue weighted by atomic mass is 10.0. The van der Waals surface area contributed by atoms with Gasteiger partial charge in [-0.2, -0.15) is 0 Å². The normalized spacial score (nSPS) is 21.8. The van der Waals surface area contributed by atoms with Gasteiger partial charge in [0.05, 0.1) is 6.54 Å². The maximum absolute atomic E-state index is 11.3. The number of hydrogen-bond acceptors (Lipinski definition) is 3. The van der Waals surface area contributed by atoms with E-state index in [0.717, 1.165) is 10.9 Å². The van der Waals surface area contributed by atoms with E-state index in [4.69, 9.17) is 0 Å². The monoisotopic (exact) mass is 272 g/mol. The summed E-state index contributed by atoms with van der Waals surface area (Å²) in [5.74, 6) is 1.75. The van der Waals surface area contributed by atoms with Gasteiger partial charge < -0.3 is 15.5 Å². The first kappa shape index (κ1) is 15.1. The molecule has 1 aliphatic rings. The maximum Gasteiger partial charge on any atom is 0.316 e. The number of amidine groups is 1. The minimum Gasteiger partial charge on any atom is -0.362 e. The van der Waals surface area contributed by atoms with Crippen LogP contribution in [0.2, 0.25) is 0 Å². The van der Waals surface area contributed by atoms with Gasteiger partial charge >= 0.3 is 6.03 Å². The van der Waals surface area contributed by atoms with Crippen LogP contribution in [0.1, 0.15) is 20.3 Å². The maximum atomic E-state index is 11.3. The Kier molecular flexibility index (Phi) is 6.32. The zero-order valence-electron chi connectivity index (χ0n) is 11.7. The first-order chi connectivity index (χ1) is 8.50. The van der Waals surface area contributed by atoms with Gasteiger partial charge in [0.15, 0.2) is 5.17 Å². The first-order valence-electron chi connectivity index (χ1n) is 6.39. The molecule has 2 N–H and O–H groups in total. The number of rotatable bonds is 4. The SMILES string of the molecule is CC(C)C1CCSC(=NCCNC(=O)N(C)C)N1. The zero-order valence-corrected chi connectivity index (χ0v) is 12.5. The van der Waals surface area contributed by atoms with E-state index in [1.165, 1.54) is 11.3 Å². The van der Waals surface area contributed by atoms with E-state index in [1.807, 2.05) is 0 Å². The van der Waals surface area contributed by atoms with Crippen molar-refractivity contribution in [3.05, 3.63) is 0 Å². The van der Waals surface area contributed by atoms with Gasteiger partial charge in [0.1, 0.15) is 0 Å². The molecule has 1 atom stereocenters. The Morgan fingerprint density at radius 2 is 2.33 bits per heavy atom. The number of thioether (sulfide) groups is 1. The molecule has 1 saturated heterocycles. The summed E-state index contributed by atoms with van der Waals surface area (Å²) in [6.45, 7) is 5.65. The summed E-state index contributed by atoms with van der Waals surface area (Å²) in [7, 11) is 3.46. The van der Waals surface area contributed by atoms with Gasteiger partial charge in [-0.25, -0.2) is 4.79 Å². The van der Waals surface area contributed by atoms with Crippen molar-refractivity contribution in [2.24, 2.45) is 10.9 Å². The van der Waals surface area contributed by atoms with Crippen LogP contribution in [0.3, 0.4) is 0 Å². The number of urea groups is 1. The Bertz CT molecular complexity index is 304. The van der Waals surface area contributed by atoms with Crippen LogP contribution in [0.15, 0.2) is 4.99 Å². The lowest BCUT2D eigenvalue weighted by molar-refractivity contribution is 0.218. The molecule has 0 radical (unpaired) electrons. The van der Waals surface area contributed by atoms with E-state index in [9.17, 15) is 4.79 Å². The predicted octanol–water partition coefficient (Wildman–Crippen LogP) is 1.36. The predicted molar refractivity (Wildman–Crippen MR) is 78.2 cm³/mol. The molecule has 0 aliphatic carbocycles. The van der Waals surface area contributed by atoms with Crippen LogP contribution in [0, 0.1) is 5.92 Å². The van der Waals surface area contributed by atoms with Crippen LogP contribution < -0.4 is 10.6 Å². The van der Waals surface area contributed by atoms with Crippen LogP contribution in [-0.2, 0) is 0 Å². The van der Waals surface area contributed by atoms with E-state index in [-0.39, 0.29) is 6.03 Å². The van der Waals surface area contributed by atoms with Gasteiger partial charge in [0.25, 0.3) is 0 Å². The Balaban J connectivity index is 2.27. The second-order valence-electron chi connectivity index (χ2n) is 4.95. The number of carbonyl (C=O) groups excluding carboxylic acids is 1. The Morgan fingerprint density at radius 3 is 2.94 bits per heavy atom. The highest BCUT2D eigenvalue weighted by atomic mass is 32.2. The standard InChI is InChI=1S/C12H24N4OS/c1-9(2)10-5-8-18-11(15-10)13-6-7-14-12(17)16(3)4/h9-10H,5-8H2,1-4H3,(H,13,15)(H,14,17). The second-order valence-corrected chi connectivity index (χ2v) is 6.03. The Morgan fingerprint density at radius 1 is 1.61 bits per heavy atom. The third-order valence-electron chi connectivity index (χ3n) is 2.83. The Labute approximate surface area is 114 Å². The quantitative estimate of drug-likeness (QED) is 0.760. The van der Waals surface area contributed by atoms with Crippen molar-refractivity contribution in [3.8, 4) is 0 Å². The summed E-state index contributed by atoms with van der Waals surface area (Å²) in [6, 6.07) is 0.459. The minimum absolute atomic E-state index is 0.0699. The topological polar surface area (TPSA) is 56.7 Å². The number of nitrogens with one attached hydrogen (secondary N) is 2. The molecule has 0 saturated carbocycles. The minimum atomic E-state index is -0.0699. The molecule has 1 rings (SSSR count). The van der Waals surface area contributed by atoms with E-state index >= 15 is 0 Å². The lowest BCUT2D eigenvalue weighted by Gasteiger charge is -2.28. The molecule has 1 aliphatic heterocycles. The third kappa shape index (κ3) is 5.16. The average Bonchev–Trinajstić information content (AvgIpc) is 2.34. The molecule has 1 fully saturated rings. The molecule has 5 nitrogen and oxygen atoms in total. The van der Waals surface area contributed by atoms with Crippen LogP contribution in [-0.4, -0.2) is 55.1 Å². The van der Waals surface area contributed by atoms with Gasteiger partial charge in [-0.3, -0.25) is 4.99 Å². The molecule has 18 heavy (non-hydrogen) atoms. The van der Waals surface area contributed by atoms with Crippen LogP contribution in [0.5, 0.6) is 0 Å².